The van der Waals surface area contributed by atoms with Crippen LogP contribution in [0.5, 0.6) is 0 Å². The van der Waals surface area contributed by atoms with Crippen molar-refractivity contribution >= 4 is 5.78 Å². The van der Waals surface area contributed by atoms with E-state index in [0.29, 0.717) is 12.0 Å². The number of aryl methyl sites for hydroxylation is 1. The second-order valence-corrected chi connectivity index (χ2v) is 4.92. The van der Waals surface area contributed by atoms with Gasteiger partial charge >= 0.3 is 0 Å². The third kappa shape index (κ3) is 1.86. The van der Waals surface area contributed by atoms with Crippen LogP contribution >= 0.6 is 0 Å². The number of nitriles is 1. The molecule has 19 heavy (non-hydrogen) atoms. The number of benzene rings is 1. The highest BCUT2D eigenvalue weighted by molar-refractivity contribution is 5.98. The van der Waals surface area contributed by atoms with Gasteiger partial charge < -0.3 is 4.57 Å². The minimum absolute atomic E-state index is 0.236. The summed E-state index contributed by atoms with van der Waals surface area (Å²) >= 11 is 0. The third-order valence-electron chi connectivity index (χ3n) is 3.64. The molecule has 0 atom stereocenters. The van der Waals surface area contributed by atoms with Crippen molar-refractivity contribution in [1.82, 2.24) is 4.57 Å². The number of hydrogen-bond donors (Lipinski definition) is 0. The zero-order valence-electron chi connectivity index (χ0n) is 10.8. The normalized spacial score (nSPS) is 14.0. The molecule has 94 valence electrons. The van der Waals surface area contributed by atoms with Crippen molar-refractivity contribution in [1.29, 1.82) is 5.26 Å². The van der Waals surface area contributed by atoms with E-state index in [1.807, 2.05) is 31.2 Å². The Morgan fingerprint density at radius 1 is 1.26 bits per heavy atom. The first-order chi connectivity index (χ1) is 9.20. The summed E-state index contributed by atoms with van der Waals surface area (Å²) in [6.45, 7) is 2.00. The van der Waals surface area contributed by atoms with Crippen molar-refractivity contribution in [3.63, 3.8) is 0 Å². The van der Waals surface area contributed by atoms with Crippen molar-refractivity contribution in [2.45, 2.75) is 26.2 Å². The van der Waals surface area contributed by atoms with E-state index in [0.717, 1.165) is 35.5 Å². The molecule has 0 N–H and O–H groups in total. The van der Waals surface area contributed by atoms with Gasteiger partial charge in [0.15, 0.2) is 5.78 Å². The molecule has 0 spiro atoms. The predicted molar refractivity (Wildman–Crippen MR) is 72.5 cm³/mol. The molecule has 1 heterocycles. The summed E-state index contributed by atoms with van der Waals surface area (Å²) in [5, 5.41) is 9.00. The van der Waals surface area contributed by atoms with Crippen LogP contribution in [0.1, 0.15) is 40.2 Å². The maximum Gasteiger partial charge on any atom is 0.164 e. The van der Waals surface area contributed by atoms with Gasteiger partial charge in [-0.05, 0) is 44.0 Å². The highest BCUT2D eigenvalue weighted by atomic mass is 16.1. The molecule has 0 fully saturated rings. The standard InChI is InChI=1S/C16H14N2O/c1-11-8-14-15(6-3-7-16(14)19)18(11)13-5-2-4-12(9-13)10-17/h2,4-5,8-9H,3,6-7H2,1H3. The third-order valence-corrected chi connectivity index (χ3v) is 3.64. The average Bonchev–Trinajstić information content (AvgIpc) is 2.77. The summed E-state index contributed by atoms with van der Waals surface area (Å²) in [7, 11) is 0. The number of carbonyl (C=O) groups excluding carboxylic acids is 1. The van der Waals surface area contributed by atoms with Gasteiger partial charge in [-0.3, -0.25) is 4.79 Å². The first kappa shape index (κ1) is 11.7. The van der Waals surface area contributed by atoms with Crippen LogP contribution in [0.15, 0.2) is 30.3 Å². The summed E-state index contributed by atoms with van der Waals surface area (Å²) in [5.74, 6) is 0.236. The van der Waals surface area contributed by atoms with E-state index in [4.69, 9.17) is 5.26 Å². The molecule has 0 radical (unpaired) electrons. The van der Waals surface area contributed by atoms with Gasteiger partial charge in [-0.2, -0.15) is 5.26 Å². The van der Waals surface area contributed by atoms with Gasteiger partial charge in [-0.25, -0.2) is 0 Å². The molecule has 0 saturated heterocycles. The lowest BCUT2D eigenvalue weighted by molar-refractivity contribution is 0.0972. The lowest BCUT2D eigenvalue weighted by Crippen LogP contribution is -2.12. The van der Waals surface area contributed by atoms with Gasteiger partial charge in [0.05, 0.1) is 11.6 Å². The van der Waals surface area contributed by atoms with Crippen molar-refractivity contribution in [3.05, 3.63) is 52.8 Å². The van der Waals surface area contributed by atoms with Crippen LogP contribution in [0.3, 0.4) is 0 Å². The zero-order valence-corrected chi connectivity index (χ0v) is 10.8. The molecule has 0 bridgehead atoms. The van der Waals surface area contributed by atoms with E-state index in [1.54, 1.807) is 6.07 Å². The van der Waals surface area contributed by atoms with Gasteiger partial charge in [-0.15, -0.1) is 0 Å². The van der Waals surface area contributed by atoms with E-state index in [9.17, 15) is 4.79 Å². The maximum atomic E-state index is 11.9. The molecule has 1 aliphatic rings. The van der Waals surface area contributed by atoms with Crippen LogP contribution in [-0.4, -0.2) is 10.4 Å². The first-order valence-corrected chi connectivity index (χ1v) is 6.45. The largest absolute Gasteiger partial charge is 0.317 e. The number of hydrogen-bond acceptors (Lipinski definition) is 2. The number of aromatic nitrogens is 1. The van der Waals surface area contributed by atoms with Crippen LogP contribution in [0, 0.1) is 18.3 Å². The Hall–Kier alpha value is -2.34. The number of ketones is 1. The SMILES string of the molecule is Cc1cc2c(n1-c1cccc(C#N)c1)CCCC2=O. The fourth-order valence-electron chi connectivity index (χ4n) is 2.80. The quantitative estimate of drug-likeness (QED) is 0.780. The number of carbonyl (C=O) groups is 1. The van der Waals surface area contributed by atoms with Crippen LogP contribution in [0.2, 0.25) is 0 Å². The molecule has 0 unspecified atom stereocenters. The van der Waals surface area contributed by atoms with Gasteiger partial charge in [0.2, 0.25) is 0 Å². The number of nitrogens with zero attached hydrogens (tertiary/aromatic N) is 2. The van der Waals surface area contributed by atoms with E-state index in [1.165, 1.54) is 0 Å². The number of Topliss-reactive ketones (excluding diaryl/α,β-unsaturated/α-hetero) is 1. The van der Waals surface area contributed by atoms with Gasteiger partial charge in [0, 0.05) is 29.1 Å². The predicted octanol–water partition coefficient (Wildman–Crippen LogP) is 3.18. The molecule has 3 heteroatoms. The van der Waals surface area contributed by atoms with Crippen LogP contribution in [0.25, 0.3) is 5.69 Å². The van der Waals surface area contributed by atoms with E-state index in [-0.39, 0.29) is 5.78 Å². The van der Waals surface area contributed by atoms with E-state index >= 15 is 0 Å². The molecular weight excluding hydrogens is 236 g/mol. The van der Waals surface area contributed by atoms with Crippen molar-refractivity contribution < 1.29 is 4.79 Å². The minimum Gasteiger partial charge on any atom is -0.317 e. The molecule has 0 amide bonds. The zero-order chi connectivity index (χ0) is 13.4. The lowest BCUT2D eigenvalue weighted by atomic mass is 9.96. The van der Waals surface area contributed by atoms with E-state index < -0.39 is 0 Å². The Labute approximate surface area is 112 Å². The molecule has 3 nitrogen and oxygen atoms in total. The Morgan fingerprint density at radius 3 is 2.89 bits per heavy atom. The van der Waals surface area contributed by atoms with Crippen LogP contribution in [0.4, 0.5) is 0 Å². The van der Waals surface area contributed by atoms with Gasteiger partial charge in [0.1, 0.15) is 0 Å². The number of rotatable bonds is 1. The molecule has 3 rings (SSSR count). The Bertz CT molecular complexity index is 704. The highest BCUT2D eigenvalue weighted by Crippen LogP contribution is 2.28. The first-order valence-electron chi connectivity index (χ1n) is 6.45. The van der Waals surface area contributed by atoms with Gasteiger partial charge in [-0.1, -0.05) is 6.07 Å². The summed E-state index contributed by atoms with van der Waals surface area (Å²) < 4.78 is 2.10. The molecule has 1 aliphatic carbocycles. The van der Waals surface area contributed by atoms with Crippen molar-refractivity contribution in [2.24, 2.45) is 0 Å². The Balaban J connectivity index is 2.20. The summed E-state index contributed by atoms with van der Waals surface area (Å²) in [5.41, 5.74) is 4.60. The molecule has 2 aromatic rings. The monoisotopic (exact) mass is 250 g/mol. The topological polar surface area (TPSA) is 45.8 Å². The fraction of sp³-hybridized carbons (Fsp3) is 0.250. The second-order valence-electron chi connectivity index (χ2n) is 4.92. The molecule has 0 aliphatic heterocycles. The summed E-state index contributed by atoms with van der Waals surface area (Å²) in [6, 6.07) is 11.6. The fourth-order valence-corrected chi connectivity index (χ4v) is 2.80. The second kappa shape index (κ2) is 4.40. The Kier molecular flexibility index (Phi) is 2.72. The number of fused-ring (bicyclic) bond motifs is 1. The van der Waals surface area contributed by atoms with Crippen LogP contribution in [-0.2, 0) is 6.42 Å². The maximum absolute atomic E-state index is 11.9. The molecule has 1 aromatic carbocycles. The molecule has 0 saturated carbocycles. The smallest absolute Gasteiger partial charge is 0.164 e. The van der Waals surface area contributed by atoms with Crippen molar-refractivity contribution in [3.8, 4) is 11.8 Å². The van der Waals surface area contributed by atoms with Crippen LogP contribution < -0.4 is 0 Å². The molecule has 1 aromatic heterocycles. The highest BCUT2D eigenvalue weighted by Gasteiger charge is 2.23. The van der Waals surface area contributed by atoms with E-state index in [2.05, 4.69) is 10.6 Å². The van der Waals surface area contributed by atoms with Crippen molar-refractivity contribution in [2.75, 3.05) is 0 Å². The summed E-state index contributed by atoms with van der Waals surface area (Å²) in [6.07, 6.45) is 2.48. The Morgan fingerprint density at radius 2 is 2.11 bits per heavy atom. The average molecular weight is 250 g/mol. The minimum atomic E-state index is 0.236. The summed E-state index contributed by atoms with van der Waals surface area (Å²) in [4.78, 5) is 11.9. The molecular formula is C16H14N2O. The lowest BCUT2D eigenvalue weighted by Gasteiger charge is -2.16. The van der Waals surface area contributed by atoms with Gasteiger partial charge in [0.25, 0.3) is 0 Å².